The van der Waals surface area contributed by atoms with E-state index in [0.29, 0.717) is 17.0 Å². The van der Waals surface area contributed by atoms with Crippen molar-refractivity contribution < 1.29 is 9.84 Å². The molecule has 0 fully saturated rings. The Morgan fingerprint density at radius 2 is 1.84 bits per heavy atom. The van der Waals surface area contributed by atoms with E-state index in [0.717, 1.165) is 9.36 Å². The monoisotopic (exact) mass is 337 g/mol. The molecule has 8 nitrogen and oxygen atoms in total. The Balaban J connectivity index is 1.61. The van der Waals surface area contributed by atoms with E-state index in [9.17, 15) is 9.90 Å². The van der Waals surface area contributed by atoms with E-state index in [-0.39, 0.29) is 13.2 Å². The molecule has 1 heterocycles. The minimum atomic E-state index is -0.936. The lowest BCUT2D eigenvalue weighted by molar-refractivity contribution is 0.0879. The summed E-state index contributed by atoms with van der Waals surface area (Å²) in [5, 5.41) is 26.4. The zero-order valence-corrected chi connectivity index (χ0v) is 13.2. The molecule has 0 aliphatic heterocycles. The Labute approximate surface area is 143 Å². The third-order valence-electron chi connectivity index (χ3n) is 3.45. The fraction of sp³-hybridized carbons (Fsp3) is 0.176. The SMILES string of the molecule is N#Cc1ccc(OCC(O)Cn2nnn(-c3ccccc3)c2=O)cc1. The highest BCUT2D eigenvalue weighted by molar-refractivity contribution is 5.34. The predicted molar refractivity (Wildman–Crippen MR) is 88.3 cm³/mol. The average Bonchev–Trinajstić information content (AvgIpc) is 3.01. The highest BCUT2D eigenvalue weighted by Crippen LogP contribution is 2.11. The molecule has 0 saturated heterocycles. The summed E-state index contributed by atoms with van der Waals surface area (Å²) in [5.41, 5.74) is 0.683. The van der Waals surface area contributed by atoms with Gasteiger partial charge in [0.15, 0.2) is 0 Å². The number of nitrogens with zero attached hydrogens (tertiary/aromatic N) is 5. The first-order valence-corrected chi connectivity index (χ1v) is 7.56. The molecule has 2 aromatic carbocycles. The van der Waals surface area contributed by atoms with Crippen molar-refractivity contribution >= 4 is 0 Å². The van der Waals surface area contributed by atoms with Gasteiger partial charge in [0.05, 0.1) is 23.9 Å². The van der Waals surface area contributed by atoms with Crippen LogP contribution in [0.15, 0.2) is 59.4 Å². The topological polar surface area (TPSA) is 106 Å². The van der Waals surface area contributed by atoms with E-state index < -0.39 is 11.8 Å². The molecule has 1 aromatic heterocycles. The molecule has 0 amide bonds. The lowest BCUT2D eigenvalue weighted by Crippen LogP contribution is -2.31. The first-order valence-electron chi connectivity index (χ1n) is 7.56. The second-order valence-electron chi connectivity index (χ2n) is 5.29. The molecule has 8 heteroatoms. The van der Waals surface area contributed by atoms with E-state index in [1.54, 1.807) is 48.5 Å². The van der Waals surface area contributed by atoms with Gasteiger partial charge in [-0.05, 0) is 46.8 Å². The molecule has 0 aliphatic rings. The lowest BCUT2D eigenvalue weighted by Gasteiger charge is -2.11. The van der Waals surface area contributed by atoms with Crippen LogP contribution >= 0.6 is 0 Å². The number of aliphatic hydroxyl groups is 1. The zero-order valence-electron chi connectivity index (χ0n) is 13.2. The maximum atomic E-state index is 12.3. The molecule has 3 aromatic rings. The van der Waals surface area contributed by atoms with E-state index >= 15 is 0 Å². The summed E-state index contributed by atoms with van der Waals surface area (Å²) in [4.78, 5) is 12.3. The van der Waals surface area contributed by atoms with E-state index in [2.05, 4.69) is 10.4 Å². The van der Waals surface area contributed by atoms with Crippen molar-refractivity contribution in [2.45, 2.75) is 12.6 Å². The van der Waals surface area contributed by atoms with Crippen LogP contribution in [-0.4, -0.2) is 37.6 Å². The van der Waals surface area contributed by atoms with Gasteiger partial charge in [0.1, 0.15) is 18.5 Å². The molecule has 1 unspecified atom stereocenters. The highest BCUT2D eigenvalue weighted by Gasteiger charge is 2.13. The van der Waals surface area contributed by atoms with Crippen LogP contribution < -0.4 is 10.4 Å². The van der Waals surface area contributed by atoms with Gasteiger partial charge in [-0.3, -0.25) is 0 Å². The summed E-state index contributed by atoms with van der Waals surface area (Å²) in [6.45, 7) is -0.0571. The van der Waals surface area contributed by atoms with Gasteiger partial charge >= 0.3 is 5.69 Å². The van der Waals surface area contributed by atoms with Gasteiger partial charge in [0, 0.05) is 0 Å². The fourth-order valence-electron chi connectivity index (χ4n) is 2.19. The standard InChI is InChI=1S/C17H15N5O3/c18-10-13-6-8-16(9-7-13)25-12-15(23)11-21-17(24)22(20-19-21)14-4-2-1-3-5-14/h1-9,15,23H,11-12H2. The number of hydrogen-bond donors (Lipinski definition) is 1. The Morgan fingerprint density at radius 1 is 1.12 bits per heavy atom. The third kappa shape index (κ3) is 3.91. The fourth-order valence-corrected chi connectivity index (χ4v) is 2.19. The number of aromatic nitrogens is 4. The van der Waals surface area contributed by atoms with Crippen LogP contribution in [0.4, 0.5) is 0 Å². The first-order chi connectivity index (χ1) is 12.2. The van der Waals surface area contributed by atoms with Crippen LogP contribution in [0.2, 0.25) is 0 Å². The van der Waals surface area contributed by atoms with E-state index in [1.165, 1.54) is 0 Å². The summed E-state index contributed by atoms with van der Waals surface area (Å²) in [6.07, 6.45) is -0.936. The molecule has 0 aliphatic carbocycles. The minimum Gasteiger partial charge on any atom is -0.491 e. The maximum absolute atomic E-state index is 12.3. The van der Waals surface area contributed by atoms with Crippen LogP contribution in [0.3, 0.4) is 0 Å². The number of benzene rings is 2. The Bertz CT molecular complexity index is 925. The number of nitriles is 1. The van der Waals surface area contributed by atoms with Crippen LogP contribution in [-0.2, 0) is 6.54 Å². The summed E-state index contributed by atoms with van der Waals surface area (Å²) >= 11 is 0. The normalized spacial score (nSPS) is 11.7. The van der Waals surface area contributed by atoms with Gasteiger partial charge < -0.3 is 9.84 Å². The van der Waals surface area contributed by atoms with Crippen molar-refractivity contribution in [2.75, 3.05) is 6.61 Å². The molecule has 1 atom stereocenters. The third-order valence-corrected chi connectivity index (χ3v) is 3.45. The number of para-hydroxylation sites is 1. The first kappa shape index (κ1) is 16.4. The predicted octanol–water partition coefficient (Wildman–Crippen LogP) is 0.741. The van der Waals surface area contributed by atoms with Gasteiger partial charge in [-0.2, -0.15) is 14.6 Å². The number of aliphatic hydroxyl groups excluding tert-OH is 1. The highest BCUT2D eigenvalue weighted by atomic mass is 16.5. The summed E-state index contributed by atoms with van der Waals surface area (Å²) in [6, 6.07) is 17.4. The van der Waals surface area contributed by atoms with Gasteiger partial charge in [0.2, 0.25) is 0 Å². The van der Waals surface area contributed by atoms with Crippen LogP contribution in [0.5, 0.6) is 5.75 Å². The van der Waals surface area contributed by atoms with Crippen LogP contribution in [0, 0.1) is 11.3 Å². The summed E-state index contributed by atoms with van der Waals surface area (Å²) in [5.74, 6) is 0.526. The second kappa shape index (κ2) is 7.42. The van der Waals surface area contributed by atoms with Crippen molar-refractivity contribution in [1.82, 2.24) is 19.8 Å². The van der Waals surface area contributed by atoms with E-state index in [4.69, 9.17) is 10.00 Å². The van der Waals surface area contributed by atoms with Gasteiger partial charge in [0.25, 0.3) is 0 Å². The molecule has 126 valence electrons. The molecular formula is C17H15N5O3. The molecule has 0 bridgehead atoms. The molecule has 3 rings (SSSR count). The second-order valence-corrected chi connectivity index (χ2v) is 5.29. The smallest absolute Gasteiger partial charge is 0.368 e. The van der Waals surface area contributed by atoms with Crippen molar-refractivity contribution in [3.63, 3.8) is 0 Å². The number of ether oxygens (including phenoxy) is 1. The van der Waals surface area contributed by atoms with Crippen molar-refractivity contribution in [2.24, 2.45) is 0 Å². The average molecular weight is 337 g/mol. The van der Waals surface area contributed by atoms with Crippen molar-refractivity contribution in [3.8, 4) is 17.5 Å². The van der Waals surface area contributed by atoms with Crippen LogP contribution in [0.1, 0.15) is 5.56 Å². The summed E-state index contributed by atoms with van der Waals surface area (Å²) in [7, 11) is 0. The molecule has 0 saturated carbocycles. The number of hydrogen-bond acceptors (Lipinski definition) is 6. The Kier molecular flexibility index (Phi) is 4.87. The number of tetrazole rings is 1. The number of rotatable bonds is 6. The molecular weight excluding hydrogens is 322 g/mol. The van der Waals surface area contributed by atoms with Crippen LogP contribution in [0.25, 0.3) is 5.69 Å². The summed E-state index contributed by atoms with van der Waals surface area (Å²) < 4.78 is 7.69. The van der Waals surface area contributed by atoms with Gasteiger partial charge in [-0.1, -0.05) is 18.2 Å². The molecule has 0 spiro atoms. The maximum Gasteiger partial charge on any atom is 0.368 e. The Morgan fingerprint density at radius 3 is 2.52 bits per heavy atom. The van der Waals surface area contributed by atoms with Crippen molar-refractivity contribution in [3.05, 3.63) is 70.6 Å². The largest absolute Gasteiger partial charge is 0.491 e. The zero-order chi connectivity index (χ0) is 17.6. The Hall–Kier alpha value is -3.44. The molecule has 1 N–H and O–H groups in total. The van der Waals surface area contributed by atoms with Gasteiger partial charge in [-0.25, -0.2) is 4.79 Å². The minimum absolute atomic E-state index is 0.0173. The van der Waals surface area contributed by atoms with E-state index in [1.807, 2.05) is 12.1 Å². The quantitative estimate of drug-likeness (QED) is 0.711. The van der Waals surface area contributed by atoms with Crippen molar-refractivity contribution in [1.29, 1.82) is 5.26 Å². The van der Waals surface area contributed by atoms with Gasteiger partial charge in [-0.15, -0.1) is 0 Å². The lowest BCUT2D eigenvalue weighted by atomic mass is 10.2. The molecule has 25 heavy (non-hydrogen) atoms. The molecule has 0 radical (unpaired) electrons.